The number of hydrogen-bond acceptors (Lipinski definition) is 6. The van der Waals surface area contributed by atoms with E-state index in [1.807, 2.05) is 34.6 Å². The van der Waals surface area contributed by atoms with E-state index in [0.717, 1.165) is 34.4 Å². The van der Waals surface area contributed by atoms with Gasteiger partial charge in [-0.15, -0.1) is 0 Å². The average molecular weight is 491 g/mol. The summed E-state index contributed by atoms with van der Waals surface area (Å²) in [5, 5.41) is 9.51. The SMILES string of the molecule is Cc1nc2ccc(-c3cnc(N4CC5C[C@]5(C(=O)O)C4)nc3)cc2n1Cc1ccccc1OC(F)F. The summed E-state index contributed by atoms with van der Waals surface area (Å²) >= 11 is 0. The van der Waals surface area contributed by atoms with E-state index in [4.69, 9.17) is 4.74 Å². The lowest BCUT2D eigenvalue weighted by Gasteiger charge is -2.19. The van der Waals surface area contributed by atoms with Crippen LogP contribution in [0.5, 0.6) is 5.75 Å². The molecule has 1 aliphatic carbocycles. The monoisotopic (exact) mass is 491 g/mol. The van der Waals surface area contributed by atoms with Crippen LogP contribution in [0, 0.1) is 18.3 Å². The number of carboxylic acids is 1. The van der Waals surface area contributed by atoms with E-state index in [0.29, 0.717) is 31.1 Å². The van der Waals surface area contributed by atoms with Gasteiger partial charge in [-0.3, -0.25) is 4.79 Å². The minimum absolute atomic E-state index is 0.137. The third-order valence-electron chi connectivity index (χ3n) is 7.28. The molecule has 0 bridgehead atoms. The van der Waals surface area contributed by atoms with Gasteiger partial charge in [-0.2, -0.15) is 8.78 Å². The van der Waals surface area contributed by atoms with Crippen molar-refractivity contribution in [2.75, 3.05) is 18.0 Å². The zero-order chi connectivity index (χ0) is 25.0. The number of carbonyl (C=O) groups is 1. The molecule has 2 fully saturated rings. The highest BCUT2D eigenvalue weighted by Crippen LogP contribution is 2.58. The number of halogens is 2. The van der Waals surface area contributed by atoms with Crippen molar-refractivity contribution < 1.29 is 23.4 Å². The number of hydrogen-bond donors (Lipinski definition) is 1. The maximum absolute atomic E-state index is 12.9. The van der Waals surface area contributed by atoms with Gasteiger partial charge >= 0.3 is 12.6 Å². The van der Waals surface area contributed by atoms with Crippen molar-refractivity contribution in [3.63, 3.8) is 0 Å². The van der Waals surface area contributed by atoms with E-state index >= 15 is 0 Å². The number of piperidine rings is 1. The van der Waals surface area contributed by atoms with Crippen LogP contribution >= 0.6 is 0 Å². The summed E-state index contributed by atoms with van der Waals surface area (Å²) < 4.78 is 32.4. The molecule has 1 aliphatic heterocycles. The molecular weight excluding hydrogens is 468 g/mol. The number of anilines is 1. The molecule has 8 nitrogen and oxygen atoms in total. The fraction of sp³-hybridized carbons (Fsp3) is 0.308. The van der Waals surface area contributed by atoms with Crippen molar-refractivity contribution in [2.45, 2.75) is 26.5 Å². The summed E-state index contributed by atoms with van der Waals surface area (Å²) in [4.78, 5) is 27.2. The van der Waals surface area contributed by atoms with Gasteiger partial charge < -0.3 is 19.3 Å². The number of imidazole rings is 1. The van der Waals surface area contributed by atoms with Gasteiger partial charge in [-0.1, -0.05) is 24.3 Å². The fourth-order valence-corrected chi connectivity index (χ4v) is 5.24. The lowest BCUT2D eigenvalue weighted by molar-refractivity contribution is -0.143. The maximum Gasteiger partial charge on any atom is 0.387 e. The normalized spacial score (nSPS) is 20.7. The van der Waals surface area contributed by atoms with Gasteiger partial charge in [0, 0.05) is 36.6 Å². The maximum atomic E-state index is 12.9. The third-order valence-corrected chi connectivity index (χ3v) is 7.28. The molecule has 36 heavy (non-hydrogen) atoms. The van der Waals surface area contributed by atoms with Crippen LogP contribution in [0.15, 0.2) is 54.9 Å². The molecule has 2 aromatic heterocycles. The molecule has 2 atom stereocenters. The summed E-state index contributed by atoms with van der Waals surface area (Å²) in [7, 11) is 0. The number of rotatable bonds is 7. The van der Waals surface area contributed by atoms with Gasteiger partial charge in [-0.25, -0.2) is 15.0 Å². The Hall–Kier alpha value is -4.08. The number of aryl methyl sites for hydroxylation is 1. The number of benzene rings is 2. The van der Waals surface area contributed by atoms with Gasteiger partial charge in [0.25, 0.3) is 0 Å². The molecule has 0 amide bonds. The van der Waals surface area contributed by atoms with Crippen LogP contribution in [0.4, 0.5) is 14.7 Å². The van der Waals surface area contributed by atoms with Crippen LogP contribution in [0.2, 0.25) is 0 Å². The van der Waals surface area contributed by atoms with E-state index in [2.05, 4.69) is 15.0 Å². The topological polar surface area (TPSA) is 93.4 Å². The van der Waals surface area contributed by atoms with Crippen molar-refractivity contribution in [1.82, 2.24) is 19.5 Å². The largest absolute Gasteiger partial charge is 0.481 e. The predicted molar refractivity (Wildman–Crippen MR) is 128 cm³/mol. The number of alkyl halides is 2. The summed E-state index contributed by atoms with van der Waals surface area (Å²) in [6.45, 7) is 0.396. The minimum Gasteiger partial charge on any atom is -0.481 e. The van der Waals surface area contributed by atoms with E-state index in [1.54, 1.807) is 30.6 Å². The molecule has 1 N–H and O–H groups in total. The molecular formula is C26H23F2N5O3. The molecule has 2 aromatic carbocycles. The Morgan fingerprint density at radius 1 is 1.19 bits per heavy atom. The molecule has 0 spiro atoms. The Morgan fingerprint density at radius 3 is 2.69 bits per heavy atom. The molecule has 0 radical (unpaired) electrons. The van der Waals surface area contributed by atoms with Crippen molar-refractivity contribution in [1.29, 1.82) is 0 Å². The molecule has 1 saturated heterocycles. The van der Waals surface area contributed by atoms with Crippen molar-refractivity contribution in [2.24, 2.45) is 11.3 Å². The predicted octanol–water partition coefficient (Wildman–Crippen LogP) is 4.36. The van der Waals surface area contributed by atoms with Crippen LogP contribution in [-0.4, -0.2) is 50.3 Å². The molecule has 1 saturated carbocycles. The highest BCUT2D eigenvalue weighted by atomic mass is 19.3. The van der Waals surface area contributed by atoms with Crippen molar-refractivity contribution in [3.8, 4) is 16.9 Å². The first kappa shape index (κ1) is 22.4. The molecule has 6 rings (SSSR count). The zero-order valence-electron chi connectivity index (χ0n) is 19.4. The zero-order valence-corrected chi connectivity index (χ0v) is 19.4. The molecule has 10 heteroatoms. The number of carboxylic acid groups (broad SMARTS) is 1. The number of aliphatic carboxylic acids is 1. The second-order valence-electron chi connectivity index (χ2n) is 9.45. The first-order valence-electron chi connectivity index (χ1n) is 11.6. The number of fused-ring (bicyclic) bond motifs is 2. The average Bonchev–Trinajstić information content (AvgIpc) is 3.29. The van der Waals surface area contributed by atoms with E-state index in [1.165, 1.54) is 6.07 Å². The summed E-state index contributed by atoms with van der Waals surface area (Å²) in [5.74, 6) is 0.846. The van der Waals surface area contributed by atoms with Crippen LogP contribution in [0.3, 0.4) is 0 Å². The smallest absolute Gasteiger partial charge is 0.387 e. The summed E-state index contributed by atoms with van der Waals surface area (Å²) in [5.41, 5.74) is 3.33. The summed E-state index contributed by atoms with van der Waals surface area (Å²) in [6.07, 6.45) is 4.20. The fourth-order valence-electron chi connectivity index (χ4n) is 5.24. The Kier molecular flexibility index (Phi) is 5.13. The lowest BCUT2D eigenvalue weighted by atomic mass is 10.1. The number of ether oxygens (including phenoxy) is 1. The third kappa shape index (κ3) is 3.73. The molecule has 4 aromatic rings. The van der Waals surface area contributed by atoms with Crippen LogP contribution in [-0.2, 0) is 11.3 Å². The second kappa shape index (κ2) is 8.25. The van der Waals surface area contributed by atoms with E-state index in [-0.39, 0.29) is 11.7 Å². The molecule has 184 valence electrons. The lowest BCUT2D eigenvalue weighted by Crippen LogP contribution is -2.29. The van der Waals surface area contributed by atoms with Gasteiger partial charge in [0.05, 0.1) is 23.0 Å². The Bertz CT molecular complexity index is 1470. The standard InChI is InChI=1S/C26H23F2N5O3/c1-15-31-20-7-6-16(8-21(20)33(15)12-17-4-2-3-5-22(17)36-24(27)28)18-10-29-25(30-11-18)32-13-19-9-26(19,14-32)23(34)35/h2-8,10-11,19,24H,9,12-14H2,1H3,(H,34,35)/t19?,26-/m0/s1. The van der Waals surface area contributed by atoms with Crippen LogP contribution in [0.25, 0.3) is 22.2 Å². The highest BCUT2D eigenvalue weighted by Gasteiger charge is 2.65. The molecule has 1 unspecified atom stereocenters. The highest BCUT2D eigenvalue weighted by molar-refractivity contribution is 5.83. The number of para-hydroxylation sites is 1. The Morgan fingerprint density at radius 2 is 1.97 bits per heavy atom. The number of aromatic nitrogens is 4. The first-order valence-corrected chi connectivity index (χ1v) is 11.6. The van der Waals surface area contributed by atoms with Crippen molar-refractivity contribution >= 4 is 23.0 Å². The van der Waals surface area contributed by atoms with Gasteiger partial charge in [0.1, 0.15) is 11.6 Å². The quantitative estimate of drug-likeness (QED) is 0.411. The van der Waals surface area contributed by atoms with Crippen LogP contribution in [0.1, 0.15) is 17.8 Å². The second-order valence-corrected chi connectivity index (χ2v) is 9.45. The minimum atomic E-state index is -2.90. The van der Waals surface area contributed by atoms with Crippen molar-refractivity contribution in [3.05, 3.63) is 66.2 Å². The van der Waals surface area contributed by atoms with E-state index in [9.17, 15) is 18.7 Å². The van der Waals surface area contributed by atoms with Gasteiger partial charge in [-0.05, 0) is 43.0 Å². The summed E-state index contributed by atoms with van der Waals surface area (Å²) in [6, 6.07) is 12.6. The number of nitrogens with zero attached hydrogens (tertiary/aromatic N) is 5. The Balaban J connectivity index is 1.28. The first-order chi connectivity index (χ1) is 17.3. The molecule has 2 aliphatic rings. The van der Waals surface area contributed by atoms with E-state index < -0.39 is 18.0 Å². The Labute approximate surface area is 205 Å². The van der Waals surface area contributed by atoms with Crippen LogP contribution < -0.4 is 9.64 Å². The van der Waals surface area contributed by atoms with Gasteiger partial charge in [0.15, 0.2) is 0 Å². The van der Waals surface area contributed by atoms with Gasteiger partial charge in [0.2, 0.25) is 5.95 Å². The molecule has 3 heterocycles.